The summed E-state index contributed by atoms with van der Waals surface area (Å²) in [7, 11) is 0. The fraction of sp³-hybridized carbons (Fsp3) is 0.783. The maximum absolute atomic E-state index is 12.6. The highest BCUT2D eigenvalue weighted by molar-refractivity contribution is 6.03. The summed E-state index contributed by atoms with van der Waals surface area (Å²) in [5.41, 5.74) is 0.346. The minimum atomic E-state index is -0.338. The molecule has 1 aliphatic carbocycles. The van der Waals surface area contributed by atoms with Crippen LogP contribution in [0.25, 0.3) is 0 Å². The van der Waals surface area contributed by atoms with Gasteiger partial charge in [0.25, 0.3) is 0 Å². The molecule has 9 heteroatoms. The molecule has 0 spiro atoms. The molecule has 1 saturated carbocycles. The molecular formula is C23H37N5O4. The second-order valence-electron chi connectivity index (χ2n) is 10.3. The molecule has 178 valence electrons. The predicted octanol–water partition coefficient (Wildman–Crippen LogP) is 1.85. The smallest absolute Gasteiger partial charge is 0.233 e. The Morgan fingerprint density at radius 2 is 1.94 bits per heavy atom. The van der Waals surface area contributed by atoms with Crippen LogP contribution in [0.4, 0.5) is 0 Å². The van der Waals surface area contributed by atoms with Gasteiger partial charge in [0.15, 0.2) is 0 Å². The molecule has 2 aliphatic rings. The van der Waals surface area contributed by atoms with E-state index in [4.69, 9.17) is 0 Å². The van der Waals surface area contributed by atoms with Gasteiger partial charge in [0, 0.05) is 31.4 Å². The van der Waals surface area contributed by atoms with Gasteiger partial charge in [-0.25, -0.2) is 4.68 Å². The Labute approximate surface area is 189 Å². The van der Waals surface area contributed by atoms with Gasteiger partial charge in [0.2, 0.25) is 17.7 Å². The Kier molecular flexibility index (Phi) is 7.69. The third kappa shape index (κ3) is 5.54. The molecule has 0 aromatic carbocycles. The van der Waals surface area contributed by atoms with Gasteiger partial charge >= 0.3 is 0 Å². The van der Waals surface area contributed by atoms with Gasteiger partial charge in [0.05, 0.1) is 18.3 Å². The Morgan fingerprint density at radius 1 is 1.25 bits per heavy atom. The van der Waals surface area contributed by atoms with Crippen LogP contribution < -0.4 is 5.32 Å². The zero-order chi connectivity index (χ0) is 23.5. The van der Waals surface area contributed by atoms with E-state index in [0.717, 1.165) is 25.7 Å². The average molecular weight is 448 g/mol. The summed E-state index contributed by atoms with van der Waals surface area (Å²) < 4.78 is 1.72. The first-order valence-corrected chi connectivity index (χ1v) is 11.8. The van der Waals surface area contributed by atoms with E-state index >= 15 is 0 Å². The van der Waals surface area contributed by atoms with E-state index in [0.29, 0.717) is 31.6 Å². The van der Waals surface area contributed by atoms with Crippen LogP contribution in [0.2, 0.25) is 0 Å². The van der Waals surface area contributed by atoms with Crippen molar-refractivity contribution in [2.75, 3.05) is 13.2 Å². The molecule has 0 radical (unpaired) electrons. The minimum Gasteiger partial charge on any atom is -0.396 e. The maximum Gasteiger partial charge on any atom is 0.233 e. The molecule has 1 aliphatic heterocycles. The second kappa shape index (κ2) is 10.1. The number of hydrogen-bond acceptors (Lipinski definition) is 6. The number of rotatable bonds is 9. The van der Waals surface area contributed by atoms with Crippen LogP contribution in [0.15, 0.2) is 6.20 Å². The van der Waals surface area contributed by atoms with Gasteiger partial charge in [-0.2, -0.15) is 0 Å². The summed E-state index contributed by atoms with van der Waals surface area (Å²) in [6, 6.07) is 0. The van der Waals surface area contributed by atoms with Crippen LogP contribution in [0, 0.1) is 23.7 Å². The first-order valence-electron chi connectivity index (χ1n) is 11.8. The van der Waals surface area contributed by atoms with Crippen molar-refractivity contribution in [1.29, 1.82) is 0 Å². The monoisotopic (exact) mass is 447 g/mol. The van der Waals surface area contributed by atoms with Crippen LogP contribution in [0.5, 0.6) is 0 Å². The van der Waals surface area contributed by atoms with Crippen LogP contribution >= 0.6 is 0 Å². The number of aliphatic hydroxyl groups excluding tert-OH is 1. The molecule has 3 rings (SSSR count). The highest BCUT2D eigenvalue weighted by Gasteiger charge is 2.41. The second-order valence-corrected chi connectivity index (χ2v) is 10.3. The molecule has 9 nitrogen and oxygen atoms in total. The molecule has 3 amide bonds. The fourth-order valence-corrected chi connectivity index (χ4v) is 4.67. The van der Waals surface area contributed by atoms with E-state index in [1.165, 1.54) is 4.90 Å². The number of imide groups is 1. The van der Waals surface area contributed by atoms with Crippen molar-refractivity contribution in [3.63, 3.8) is 0 Å². The Bertz CT molecular complexity index is 826. The third-order valence-electron chi connectivity index (χ3n) is 7.07. The predicted molar refractivity (Wildman–Crippen MR) is 118 cm³/mol. The van der Waals surface area contributed by atoms with Crippen LogP contribution in [0.1, 0.15) is 71.9 Å². The number of carbonyl (C=O) groups is 3. The lowest BCUT2D eigenvalue weighted by atomic mass is 9.81. The number of aliphatic hydroxyl groups is 1. The van der Waals surface area contributed by atoms with Crippen molar-refractivity contribution in [1.82, 2.24) is 25.2 Å². The standard InChI is InChI=1S/C23H37N5O4/c1-15(2)19-11-20(30)27(22(19)32)13-16-5-7-17(8-6-16)21(31)24-12-18-14-28(26-25-18)23(3,4)9-10-29/h14-17,19,29H,5-13H2,1-4H3,(H,24,31). The summed E-state index contributed by atoms with van der Waals surface area (Å²) in [4.78, 5) is 38.9. The molecule has 1 saturated heterocycles. The highest BCUT2D eigenvalue weighted by atomic mass is 16.3. The number of nitrogens with zero attached hydrogens (tertiary/aromatic N) is 4. The summed E-state index contributed by atoms with van der Waals surface area (Å²) in [6.45, 7) is 8.80. The lowest BCUT2D eigenvalue weighted by molar-refractivity contribution is -0.141. The topological polar surface area (TPSA) is 117 Å². The molecular weight excluding hydrogens is 410 g/mol. The third-order valence-corrected chi connectivity index (χ3v) is 7.07. The molecule has 1 unspecified atom stereocenters. The average Bonchev–Trinajstić information content (AvgIpc) is 3.33. The van der Waals surface area contributed by atoms with Crippen molar-refractivity contribution in [2.24, 2.45) is 23.7 Å². The number of aromatic nitrogens is 3. The molecule has 0 bridgehead atoms. The Morgan fingerprint density at radius 3 is 2.53 bits per heavy atom. The maximum atomic E-state index is 12.6. The normalized spacial score (nSPS) is 24.4. The fourth-order valence-electron chi connectivity index (χ4n) is 4.67. The number of likely N-dealkylation sites (tertiary alicyclic amines) is 1. The quantitative estimate of drug-likeness (QED) is 0.558. The van der Waals surface area contributed by atoms with Crippen LogP contribution in [-0.4, -0.2) is 55.9 Å². The Balaban J connectivity index is 1.44. The van der Waals surface area contributed by atoms with Gasteiger partial charge < -0.3 is 10.4 Å². The first kappa shape index (κ1) is 24.4. The molecule has 2 heterocycles. The van der Waals surface area contributed by atoms with Crippen molar-refractivity contribution in [3.05, 3.63) is 11.9 Å². The first-order chi connectivity index (χ1) is 15.1. The summed E-state index contributed by atoms with van der Waals surface area (Å²) >= 11 is 0. The molecule has 2 N–H and O–H groups in total. The molecule has 1 aromatic heterocycles. The number of carbonyl (C=O) groups excluding carboxylic acids is 3. The van der Waals surface area contributed by atoms with E-state index in [1.54, 1.807) is 10.9 Å². The molecule has 1 atom stereocenters. The van der Waals surface area contributed by atoms with Gasteiger partial charge in [-0.1, -0.05) is 19.1 Å². The summed E-state index contributed by atoms with van der Waals surface area (Å²) in [6.07, 6.45) is 5.91. The van der Waals surface area contributed by atoms with Gasteiger partial charge in [-0.3, -0.25) is 19.3 Å². The number of amides is 3. The number of nitrogens with one attached hydrogen (secondary N) is 1. The van der Waals surface area contributed by atoms with E-state index in [2.05, 4.69) is 15.6 Å². The molecule has 2 fully saturated rings. The van der Waals surface area contributed by atoms with E-state index in [1.807, 2.05) is 27.7 Å². The summed E-state index contributed by atoms with van der Waals surface area (Å²) in [5.74, 6) is 0.145. The van der Waals surface area contributed by atoms with E-state index in [-0.39, 0.29) is 53.5 Å². The van der Waals surface area contributed by atoms with Crippen molar-refractivity contribution in [2.45, 2.75) is 78.3 Å². The molecule has 1 aromatic rings. The van der Waals surface area contributed by atoms with E-state index in [9.17, 15) is 19.5 Å². The largest absolute Gasteiger partial charge is 0.396 e. The number of hydrogen-bond donors (Lipinski definition) is 2. The van der Waals surface area contributed by atoms with Crippen molar-refractivity contribution in [3.8, 4) is 0 Å². The lowest BCUT2D eigenvalue weighted by Crippen LogP contribution is -2.38. The minimum absolute atomic E-state index is 0.0146. The van der Waals surface area contributed by atoms with Gasteiger partial charge in [-0.15, -0.1) is 5.10 Å². The highest BCUT2D eigenvalue weighted by Crippen LogP contribution is 2.33. The van der Waals surface area contributed by atoms with E-state index < -0.39 is 0 Å². The van der Waals surface area contributed by atoms with Gasteiger partial charge in [0.1, 0.15) is 5.69 Å². The van der Waals surface area contributed by atoms with Crippen molar-refractivity contribution < 1.29 is 19.5 Å². The zero-order valence-electron chi connectivity index (χ0n) is 19.7. The Hall–Kier alpha value is -2.29. The summed E-state index contributed by atoms with van der Waals surface area (Å²) in [5, 5.41) is 20.4. The van der Waals surface area contributed by atoms with Crippen LogP contribution in [-0.2, 0) is 26.5 Å². The SMILES string of the molecule is CC(C)C1CC(=O)N(CC2CCC(C(=O)NCc3cn(C(C)(C)CCO)nn3)CC2)C1=O. The van der Waals surface area contributed by atoms with Gasteiger partial charge in [-0.05, 0) is 57.8 Å². The molecule has 32 heavy (non-hydrogen) atoms. The zero-order valence-corrected chi connectivity index (χ0v) is 19.7. The van der Waals surface area contributed by atoms with Crippen molar-refractivity contribution >= 4 is 17.7 Å². The lowest BCUT2D eigenvalue weighted by Gasteiger charge is -2.30. The van der Waals surface area contributed by atoms with Crippen LogP contribution in [0.3, 0.4) is 0 Å².